The Balaban J connectivity index is 2.05. The standard InChI is InChI=1S/C24H13F3I6N2O7S/c25-24(26,27)18(8-43(39,40)41)42-23(38)9-1-12(34-21(36)14-3-10(28)5-16(30)19(14)32)7-13(2-9)35-22(37)15-4-11(29)6-17(31)20(15)33/h1-7,18H,8H2,(H,34,36)(H,35,37)(H,39,40,41). The maximum Gasteiger partial charge on any atom is 0.426 e. The number of esters is 1. The van der Waals surface area contributed by atoms with E-state index >= 15 is 0 Å². The molecule has 0 bridgehead atoms. The zero-order chi connectivity index (χ0) is 32.4. The minimum absolute atomic E-state index is 0.0790. The number of nitrogens with one attached hydrogen (secondary N) is 2. The van der Waals surface area contributed by atoms with E-state index in [0.29, 0.717) is 7.14 Å². The van der Waals surface area contributed by atoms with Gasteiger partial charge in [-0.2, -0.15) is 21.6 Å². The second-order valence-electron chi connectivity index (χ2n) is 8.39. The highest BCUT2D eigenvalue weighted by atomic mass is 127. The molecule has 0 fully saturated rings. The first kappa shape index (κ1) is 37.6. The molecule has 0 saturated carbocycles. The number of anilines is 2. The zero-order valence-corrected chi connectivity index (χ0v) is 34.3. The third-order valence-electron chi connectivity index (χ3n) is 5.14. The van der Waals surface area contributed by atoms with Crippen molar-refractivity contribution in [2.24, 2.45) is 0 Å². The molecule has 0 radical (unpaired) electrons. The van der Waals surface area contributed by atoms with E-state index in [2.05, 4.69) is 60.6 Å². The summed E-state index contributed by atoms with van der Waals surface area (Å²) < 4.78 is 80.3. The molecule has 0 spiro atoms. The number of hydrogen-bond donors (Lipinski definition) is 3. The van der Waals surface area contributed by atoms with E-state index in [1.807, 2.05) is 102 Å². The Morgan fingerprint density at radius 3 is 1.56 bits per heavy atom. The molecule has 19 heteroatoms. The van der Waals surface area contributed by atoms with Crippen LogP contribution in [0.25, 0.3) is 0 Å². The van der Waals surface area contributed by atoms with Gasteiger partial charge < -0.3 is 15.4 Å². The molecule has 0 aliphatic heterocycles. The van der Waals surface area contributed by atoms with Gasteiger partial charge in [-0.05, 0) is 178 Å². The fourth-order valence-electron chi connectivity index (χ4n) is 3.31. The van der Waals surface area contributed by atoms with Gasteiger partial charge in [0.2, 0.25) is 6.10 Å². The van der Waals surface area contributed by atoms with Gasteiger partial charge in [0.1, 0.15) is 5.75 Å². The van der Waals surface area contributed by atoms with Crippen LogP contribution >= 0.6 is 136 Å². The van der Waals surface area contributed by atoms with Gasteiger partial charge in [0.15, 0.2) is 0 Å². The number of ether oxygens (including phenoxy) is 1. The minimum atomic E-state index is -5.33. The summed E-state index contributed by atoms with van der Waals surface area (Å²) in [4.78, 5) is 39.2. The number of rotatable bonds is 8. The topological polar surface area (TPSA) is 139 Å². The molecule has 0 heterocycles. The van der Waals surface area contributed by atoms with Crippen LogP contribution in [0.15, 0.2) is 42.5 Å². The summed E-state index contributed by atoms with van der Waals surface area (Å²) in [5, 5.41) is 5.16. The molecule has 9 nitrogen and oxygen atoms in total. The Bertz CT molecular complexity index is 1650. The number of halogens is 9. The number of carbonyl (C=O) groups excluding carboxylic acids is 3. The van der Waals surface area contributed by atoms with E-state index in [4.69, 9.17) is 4.55 Å². The van der Waals surface area contributed by atoms with Crippen molar-refractivity contribution in [1.82, 2.24) is 0 Å². The summed E-state index contributed by atoms with van der Waals surface area (Å²) in [6, 6.07) is 10.3. The fourth-order valence-corrected chi connectivity index (χ4v) is 8.75. The number of benzene rings is 3. The SMILES string of the molecule is O=C(OC(CS(=O)(=O)O)C(F)(F)F)c1cc(NC(=O)c2cc(I)cc(I)c2I)cc(NC(=O)c2cc(I)cc(I)c2I)c1. The van der Waals surface area contributed by atoms with Crippen molar-refractivity contribution in [2.75, 3.05) is 16.4 Å². The van der Waals surface area contributed by atoms with Gasteiger partial charge in [-0.1, -0.05) is 0 Å². The lowest BCUT2D eigenvalue weighted by Crippen LogP contribution is -2.39. The largest absolute Gasteiger partial charge is 0.448 e. The second kappa shape index (κ2) is 15.4. The number of carbonyl (C=O) groups is 3. The van der Waals surface area contributed by atoms with E-state index in [0.717, 1.165) is 26.4 Å². The number of alkyl halides is 3. The molecule has 3 aromatic carbocycles. The second-order valence-corrected chi connectivity index (χ2v) is 16.9. The molecule has 3 aromatic rings. The normalized spacial score (nSPS) is 12.4. The molecule has 1 unspecified atom stereocenters. The molecule has 3 rings (SSSR count). The summed E-state index contributed by atoms with van der Waals surface area (Å²) in [6.07, 6.45) is -8.51. The predicted molar refractivity (Wildman–Crippen MR) is 203 cm³/mol. The van der Waals surface area contributed by atoms with Crippen molar-refractivity contribution in [3.63, 3.8) is 0 Å². The van der Waals surface area contributed by atoms with Gasteiger partial charge in [0.25, 0.3) is 21.9 Å². The summed E-state index contributed by atoms with van der Waals surface area (Å²) >= 11 is 12.1. The highest BCUT2D eigenvalue weighted by Crippen LogP contribution is 2.29. The van der Waals surface area contributed by atoms with Gasteiger partial charge in [-0.15, -0.1) is 0 Å². The molecular weight excluding hydrogens is 1280 g/mol. The van der Waals surface area contributed by atoms with Crippen molar-refractivity contribution in [1.29, 1.82) is 0 Å². The van der Waals surface area contributed by atoms with Gasteiger partial charge in [-0.25, -0.2) is 4.79 Å². The minimum Gasteiger partial charge on any atom is -0.448 e. The first-order chi connectivity index (χ1) is 19.7. The lowest BCUT2D eigenvalue weighted by molar-refractivity contribution is -0.197. The van der Waals surface area contributed by atoms with Crippen LogP contribution in [0.2, 0.25) is 0 Å². The maximum absolute atomic E-state index is 13.4. The molecule has 43 heavy (non-hydrogen) atoms. The molecule has 230 valence electrons. The van der Waals surface area contributed by atoms with Gasteiger partial charge in [-0.3, -0.25) is 14.1 Å². The third kappa shape index (κ3) is 10.8. The van der Waals surface area contributed by atoms with E-state index in [1.165, 1.54) is 6.07 Å². The van der Waals surface area contributed by atoms with Gasteiger partial charge in [0.05, 0.1) is 16.7 Å². The predicted octanol–water partition coefficient (Wildman–Crippen LogP) is 7.79. The highest BCUT2D eigenvalue weighted by molar-refractivity contribution is 14.1. The van der Waals surface area contributed by atoms with Gasteiger partial charge >= 0.3 is 12.1 Å². The first-order valence-electron chi connectivity index (χ1n) is 11.0. The summed E-state index contributed by atoms with van der Waals surface area (Å²) in [5.41, 5.74) is -0.140. The van der Waals surface area contributed by atoms with E-state index in [9.17, 15) is 36.0 Å². The molecular formula is C24H13F3I6N2O7S. The summed E-state index contributed by atoms with van der Waals surface area (Å²) in [6.45, 7) is 0. The average Bonchev–Trinajstić information content (AvgIpc) is 2.86. The van der Waals surface area contributed by atoms with Gasteiger partial charge in [0, 0.05) is 32.8 Å². The first-order valence-corrected chi connectivity index (χ1v) is 19.1. The van der Waals surface area contributed by atoms with E-state index in [-0.39, 0.29) is 22.5 Å². The lowest BCUT2D eigenvalue weighted by atomic mass is 10.1. The summed E-state index contributed by atoms with van der Waals surface area (Å²) in [7, 11) is -5.18. The van der Waals surface area contributed by atoms with Crippen molar-refractivity contribution in [2.45, 2.75) is 12.3 Å². The molecule has 0 aliphatic carbocycles. The highest BCUT2D eigenvalue weighted by Gasteiger charge is 2.45. The van der Waals surface area contributed by atoms with Crippen LogP contribution in [0.5, 0.6) is 0 Å². The molecule has 2 amide bonds. The van der Waals surface area contributed by atoms with Crippen LogP contribution in [0.4, 0.5) is 24.5 Å². The van der Waals surface area contributed by atoms with E-state index in [1.54, 1.807) is 12.1 Å². The Kier molecular flexibility index (Phi) is 13.4. The maximum atomic E-state index is 13.4. The average molecular weight is 1290 g/mol. The van der Waals surface area contributed by atoms with Crippen LogP contribution in [-0.4, -0.2) is 48.8 Å². The van der Waals surface area contributed by atoms with Crippen molar-refractivity contribution in [3.8, 4) is 0 Å². The Hall–Kier alpha value is 0.150. The van der Waals surface area contributed by atoms with Crippen LogP contribution in [0.3, 0.4) is 0 Å². The van der Waals surface area contributed by atoms with Crippen LogP contribution in [-0.2, 0) is 14.9 Å². The third-order valence-corrected chi connectivity index (χ3v) is 13.2. The number of hydrogen-bond acceptors (Lipinski definition) is 6. The van der Waals surface area contributed by atoms with Crippen molar-refractivity contribution < 1.29 is 45.3 Å². The van der Waals surface area contributed by atoms with Crippen LogP contribution in [0, 0.1) is 21.4 Å². The van der Waals surface area contributed by atoms with Crippen molar-refractivity contribution in [3.05, 3.63) is 80.6 Å². The Morgan fingerprint density at radius 2 is 1.19 bits per heavy atom. The van der Waals surface area contributed by atoms with E-state index < -0.39 is 51.5 Å². The Morgan fingerprint density at radius 1 is 0.767 bits per heavy atom. The lowest BCUT2D eigenvalue weighted by Gasteiger charge is -2.20. The van der Waals surface area contributed by atoms with Crippen LogP contribution in [0.1, 0.15) is 31.1 Å². The fraction of sp³-hybridized carbons (Fsp3) is 0.125. The monoisotopic (exact) mass is 1290 g/mol. The quantitative estimate of drug-likeness (QED) is 0.0907. The molecule has 0 saturated heterocycles. The molecule has 0 aromatic heterocycles. The Labute approximate surface area is 324 Å². The number of amides is 2. The summed E-state index contributed by atoms with van der Waals surface area (Å²) in [5.74, 6) is -4.75. The van der Waals surface area contributed by atoms with Crippen LogP contribution < -0.4 is 10.6 Å². The molecule has 1 atom stereocenters. The molecule has 3 N–H and O–H groups in total. The zero-order valence-electron chi connectivity index (χ0n) is 20.5. The van der Waals surface area contributed by atoms with Crippen molar-refractivity contribution >= 4 is 175 Å². The molecule has 0 aliphatic rings. The smallest absolute Gasteiger partial charge is 0.426 e.